The Bertz CT molecular complexity index is 946. The van der Waals surface area contributed by atoms with Gasteiger partial charge in [0.25, 0.3) is 11.6 Å². The van der Waals surface area contributed by atoms with E-state index in [0.29, 0.717) is 17.9 Å². The first-order valence-electron chi connectivity index (χ1n) is 8.42. The molecule has 0 aromatic heterocycles. The lowest BCUT2D eigenvalue weighted by Gasteiger charge is -2.11. The zero-order valence-electron chi connectivity index (χ0n) is 15.0. The number of thioether (sulfide) groups is 1. The Kier molecular flexibility index (Phi) is 6.05. The summed E-state index contributed by atoms with van der Waals surface area (Å²) in [4.78, 5) is 35.4. The van der Waals surface area contributed by atoms with Gasteiger partial charge in [0.05, 0.1) is 27.6 Å². The van der Waals surface area contributed by atoms with Gasteiger partial charge in [0.15, 0.2) is 6.61 Å². The second kappa shape index (κ2) is 8.66. The van der Waals surface area contributed by atoms with Crippen molar-refractivity contribution in [3.8, 4) is 0 Å². The van der Waals surface area contributed by atoms with E-state index in [1.807, 2.05) is 30.3 Å². The van der Waals surface area contributed by atoms with Crippen molar-refractivity contribution in [3.05, 3.63) is 69.8 Å². The first-order valence-corrected chi connectivity index (χ1v) is 9.65. The van der Waals surface area contributed by atoms with Gasteiger partial charge in [-0.15, -0.1) is 11.8 Å². The molecule has 1 heterocycles. The van der Waals surface area contributed by atoms with Gasteiger partial charge in [0.2, 0.25) is 0 Å². The van der Waals surface area contributed by atoms with Crippen LogP contribution in [0.3, 0.4) is 0 Å². The van der Waals surface area contributed by atoms with Crippen molar-refractivity contribution in [2.45, 2.75) is 11.3 Å². The minimum absolute atomic E-state index is 0.0206. The lowest BCUT2D eigenvalue weighted by Crippen LogP contribution is -2.28. The van der Waals surface area contributed by atoms with E-state index >= 15 is 0 Å². The fourth-order valence-electron chi connectivity index (χ4n) is 2.72. The summed E-state index contributed by atoms with van der Waals surface area (Å²) in [6, 6.07) is 13.6. The molecule has 1 aliphatic rings. The topological polar surface area (TPSA) is 102 Å². The summed E-state index contributed by atoms with van der Waals surface area (Å²) in [6.45, 7) is -0.0724. The number of nitro benzene ring substituents is 1. The Labute approximate surface area is 165 Å². The molecule has 0 unspecified atom stereocenters. The second-order valence-electron chi connectivity index (χ2n) is 5.90. The van der Waals surface area contributed by atoms with Crippen LogP contribution in [0.4, 0.5) is 5.69 Å². The molecule has 0 radical (unpaired) electrons. The van der Waals surface area contributed by atoms with Gasteiger partial charge < -0.3 is 4.74 Å². The Hall–Kier alpha value is -3.20. The fourth-order valence-corrected chi connectivity index (χ4v) is 3.26. The lowest BCUT2D eigenvalue weighted by molar-refractivity contribution is -0.387. The molecule has 144 valence electrons. The number of amides is 1. The molecule has 2 aromatic rings. The van der Waals surface area contributed by atoms with E-state index in [1.54, 1.807) is 6.26 Å². The largest absolute Gasteiger partial charge is 0.452 e. The summed E-state index contributed by atoms with van der Waals surface area (Å²) in [7, 11) is 0. The average Bonchev–Trinajstić information content (AvgIpc) is 3.22. The number of esters is 1. The van der Waals surface area contributed by atoms with Crippen LogP contribution < -0.4 is 0 Å². The maximum absolute atomic E-state index is 12.3. The van der Waals surface area contributed by atoms with Crippen molar-refractivity contribution in [1.82, 2.24) is 5.01 Å². The molecule has 0 aliphatic carbocycles. The number of ether oxygens (including phenoxy) is 1. The number of hydrogen-bond acceptors (Lipinski definition) is 7. The van der Waals surface area contributed by atoms with E-state index in [4.69, 9.17) is 4.74 Å². The highest BCUT2D eigenvalue weighted by molar-refractivity contribution is 7.98. The van der Waals surface area contributed by atoms with Crippen molar-refractivity contribution < 1.29 is 19.2 Å². The molecule has 28 heavy (non-hydrogen) atoms. The normalized spacial score (nSPS) is 13.2. The van der Waals surface area contributed by atoms with Crippen LogP contribution in [0.2, 0.25) is 0 Å². The Balaban J connectivity index is 1.62. The number of nitro groups is 1. The minimum atomic E-state index is -0.796. The average molecular weight is 399 g/mol. The molecule has 0 saturated carbocycles. The van der Waals surface area contributed by atoms with Crippen LogP contribution >= 0.6 is 11.8 Å². The Morgan fingerprint density at radius 1 is 1.25 bits per heavy atom. The van der Waals surface area contributed by atoms with Gasteiger partial charge in [-0.2, -0.15) is 5.10 Å². The molecule has 0 bridgehead atoms. The van der Waals surface area contributed by atoms with Crippen molar-refractivity contribution in [2.75, 3.05) is 19.4 Å². The summed E-state index contributed by atoms with van der Waals surface area (Å²) < 4.78 is 5.02. The molecule has 1 amide bonds. The SMILES string of the molecule is CSc1ccc(C(=O)OCC(=O)N2CCC(c3ccccc3)=N2)cc1[N+](=O)[O-]. The van der Waals surface area contributed by atoms with E-state index in [0.717, 1.165) is 17.3 Å². The van der Waals surface area contributed by atoms with Gasteiger partial charge in [0, 0.05) is 12.5 Å². The Morgan fingerprint density at radius 2 is 2.00 bits per heavy atom. The zero-order valence-corrected chi connectivity index (χ0v) is 15.8. The molecule has 1 aliphatic heterocycles. The molecule has 0 saturated heterocycles. The molecule has 0 spiro atoms. The highest BCUT2D eigenvalue weighted by Gasteiger charge is 2.23. The monoisotopic (exact) mass is 399 g/mol. The standard InChI is InChI=1S/C19H17N3O5S/c1-28-17-8-7-14(11-16(17)22(25)26)19(24)27-12-18(23)21-10-9-15(20-21)13-5-3-2-4-6-13/h2-8,11H,9-10,12H2,1H3. The number of benzene rings is 2. The molecular formula is C19H17N3O5S. The predicted molar refractivity (Wildman–Crippen MR) is 104 cm³/mol. The van der Waals surface area contributed by atoms with Crippen molar-refractivity contribution in [1.29, 1.82) is 0 Å². The number of carbonyl (C=O) groups is 2. The van der Waals surface area contributed by atoms with Crippen LogP contribution in [0.15, 0.2) is 58.5 Å². The number of carbonyl (C=O) groups excluding carboxylic acids is 2. The minimum Gasteiger partial charge on any atom is -0.452 e. The molecule has 8 nitrogen and oxygen atoms in total. The van der Waals surface area contributed by atoms with Crippen LogP contribution in [0.5, 0.6) is 0 Å². The summed E-state index contributed by atoms with van der Waals surface area (Å²) in [5.41, 5.74) is 1.58. The number of rotatable bonds is 6. The van der Waals surface area contributed by atoms with Gasteiger partial charge in [-0.25, -0.2) is 9.80 Å². The van der Waals surface area contributed by atoms with Crippen LogP contribution in [0.25, 0.3) is 0 Å². The van der Waals surface area contributed by atoms with Crippen LogP contribution in [0, 0.1) is 10.1 Å². The van der Waals surface area contributed by atoms with Gasteiger partial charge in [-0.3, -0.25) is 14.9 Å². The highest BCUT2D eigenvalue weighted by atomic mass is 32.2. The first-order chi connectivity index (χ1) is 13.5. The van der Waals surface area contributed by atoms with Crippen LogP contribution in [-0.2, 0) is 9.53 Å². The van der Waals surface area contributed by atoms with Gasteiger partial charge in [-0.1, -0.05) is 30.3 Å². The lowest BCUT2D eigenvalue weighted by atomic mass is 10.1. The third-order valence-corrected chi connectivity index (χ3v) is 4.92. The van der Waals surface area contributed by atoms with Crippen molar-refractivity contribution in [2.24, 2.45) is 5.10 Å². The molecular weight excluding hydrogens is 382 g/mol. The summed E-state index contributed by atoms with van der Waals surface area (Å²) in [5, 5.41) is 16.7. The summed E-state index contributed by atoms with van der Waals surface area (Å²) >= 11 is 1.21. The maximum atomic E-state index is 12.3. The summed E-state index contributed by atoms with van der Waals surface area (Å²) in [6.07, 6.45) is 2.32. The predicted octanol–water partition coefficient (Wildman–Crippen LogP) is 3.11. The number of hydrazone groups is 1. The quantitative estimate of drug-likeness (QED) is 0.320. The van der Waals surface area contributed by atoms with E-state index in [2.05, 4.69) is 5.10 Å². The van der Waals surface area contributed by atoms with Crippen molar-refractivity contribution >= 4 is 35.0 Å². The third kappa shape index (κ3) is 4.37. The van der Waals surface area contributed by atoms with E-state index in [9.17, 15) is 19.7 Å². The van der Waals surface area contributed by atoms with Gasteiger partial charge >= 0.3 is 5.97 Å². The van der Waals surface area contributed by atoms with E-state index in [1.165, 1.54) is 28.9 Å². The Morgan fingerprint density at radius 3 is 2.68 bits per heavy atom. The molecule has 2 aromatic carbocycles. The number of hydrogen-bond donors (Lipinski definition) is 0. The van der Waals surface area contributed by atoms with Crippen LogP contribution in [-0.4, -0.2) is 46.9 Å². The van der Waals surface area contributed by atoms with Crippen molar-refractivity contribution in [3.63, 3.8) is 0 Å². The fraction of sp³-hybridized carbons (Fsp3) is 0.211. The molecule has 9 heteroatoms. The molecule has 0 atom stereocenters. The smallest absolute Gasteiger partial charge is 0.338 e. The summed E-state index contributed by atoms with van der Waals surface area (Å²) in [5.74, 6) is -1.25. The maximum Gasteiger partial charge on any atom is 0.338 e. The highest BCUT2D eigenvalue weighted by Crippen LogP contribution is 2.28. The number of nitrogens with zero attached hydrogens (tertiary/aromatic N) is 3. The first kappa shape index (κ1) is 19.6. The van der Waals surface area contributed by atoms with Crippen LogP contribution in [0.1, 0.15) is 22.3 Å². The molecule has 0 fully saturated rings. The second-order valence-corrected chi connectivity index (χ2v) is 6.75. The molecule has 0 N–H and O–H groups in total. The molecule has 3 rings (SSSR count). The third-order valence-electron chi connectivity index (χ3n) is 4.13. The van der Waals surface area contributed by atoms with Gasteiger partial charge in [-0.05, 0) is 24.0 Å². The zero-order chi connectivity index (χ0) is 20.1. The van der Waals surface area contributed by atoms with E-state index in [-0.39, 0.29) is 11.3 Å². The van der Waals surface area contributed by atoms with Gasteiger partial charge in [0.1, 0.15) is 0 Å². The van der Waals surface area contributed by atoms with E-state index < -0.39 is 23.4 Å².